The van der Waals surface area contributed by atoms with Crippen LogP contribution in [0.25, 0.3) is 6.08 Å². The first-order valence-corrected chi connectivity index (χ1v) is 11.1. The zero-order valence-corrected chi connectivity index (χ0v) is 19.8. The highest BCUT2D eigenvalue weighted by Gasteiger charge is 2.20. The van der Waals surface area contributed by atoms with Gasteiger partial charge in [-0.15, -0.1) is 0 Å². The normalized spacial score (nSPS) is 11.5. The van der Waals surface area contributed by atoms with Crippen LogP contribution >= 0.6 is 0 Å². The Balaban J connectivity index is 2.32. The van der Waals surface area contributed by atoms with Crippen molar-refractivity contribution in [2.45, 2.75) is 39.7 Å². The van der Waals surface area contributed by atoms with Crippen LogP contribution in [0.1, 0.15) is 50.8 Å². The average Bonchev–Trinajstić information content (AvgIpc) is 2.84. The van der Waals surface area contributed by atoms with Gasteiger partial charge in [-0.1, -0.05) is 49.7 Å². The molecule has 2 aromatic rings. The van der Waals surface area contributed by atoms with Crippen molar-refractivity contribution in [3.05, 3.63) is 65.2 Å². The van der Waals surface area contributed by atoms with E-state index in [1.807, 2.05) is 43.3 Å². The van der Waals surface area contributed by atoms with Crippen molar-refractivity contribution in [3.8, 4) is 17.6 Å². The molecule has 0 fully saturated rings. The lowest BCUT2D eigenvalue weighted by atomic mass is 10.0. The lowest BCUT2D eigenvalue weighted by Gasteiger charge is -2.17. The largest absolute Gasteiger partial charge is 0.513 e. The minimum atomic E-state index is -1.02. The highest BCUT2D eigenvalue weighted by molar-refractivity contribution is 5.98. The molecule has 9 heteroatoms. The van der Waals surface area contributed by atoms with Gasteiger partial charge in [-0.3, -0.25) is 0 Å². The van der Waals surface area contributed by atoms with E-state index in [-0.39, 0.29) is 30.3 Å². The molecule has 0 saturated heterocycles. The topological polar surface area (TPSA) is 121 Å². The summed E-state index contributed by atoms with van der Waals surface area (Å²) in [6, 6.07) is 15.2. The van der Waals surface area contributed by atoms with Gasteiger partial charge in [0.1, 0.15) is 17.7 Å². The first-order chi connectivity index (χ1) is 16.9. The Kier molecular flexibility index (Phi) is 10.8. The van der Waals surface area contributed by atoms with E-state index in [2.05, 4.69) is 0 Å². The molecule has 0 bridgehead atoms. The maximum Gasteiger partial charge on any atom is 0.513 e. The minimum absolute atomic E-state index is 0.0667. The number of nitrogens with zero attached hydrogens (tertiary/aromatic N) is 1. The van der Waals surface area contributed by atoms with E-state index in [0.29, 0.717) is 12.0 Å². The molecule has 0 radical (unpaired) electrons. The van der Waals surface area contributed by atoms with E-state index in [1.165, 1.54) is 24.3 Å². The molecule has 0 N–H and O–H groups in total. The number of hydrogen-bond donors (Lipinski definition) is 0. The molecule has 184 valence electrons. The molecule has 2 rings (SSSR count). The van der Waals surface area contributed by atoms with E-state index in [1.54, 1.807) is 13.8 Å². The quantitative estimate of drug-likeness (QED) is 0.137. The maximum absolute atomic E-state index is 12.8. The van der Waals surface area contributed by atoms with Crippen LogP contribution in [0.5, 0.6) is 11.5 Å². The van der Waals surface area contributed by atoms with Gasteiger partial charge in [0, 0.05) is 0 Å². The predicted molar refractivity (Wildman–Crippen MR) is 126 cm³/mol. The van der Waals surface area contributed by atoms with Crippen molar-refractivity contribution >= 4 is 24.4 Å². The van der Waals surface area contributed by atoms with Crippen molar-refractivity contribution in [2.75, 3.05) is 13.2 Å². The van der Waals surface area contributed by atoms with Crippen LogP contribution in [0.15, 0.2) is 54.1 Å². The van der Waals surface area contributed by atoms with Crippen molar-refractivity contribution in [2.24, 2.45) is 0 Å². The van der Waals surface area contributed by atoms with E-state index in [9.17, 15) is 19.6 Å². The summed E-state index contributed by atoms with van der Waals surface area (Å²) in [7, 11) is 0. The first kappa shape index (κ1) is 26.9. The summed E-state index contributed by atoms with van der Waals surface area (Å²) in [4.78, 5) is 36.3. The molecule has 0 amide bonds. The third-order valence-corrected chi connectivity index (χ3v) is 4.50. The second kappa shape index (κ2) is 14.1. The van der Waals surface area contributed by atoms with Gasteiger partial charge in [0.2, 0.25) is 0 Å². The number of nitriles is 1. The molecular formula is C26H27NO8. The number of ether oxygens (including phenoxy) is 5. The van der Waals surface area contributed by atoms with Crippen LogP contribution in [-0.4, -0.2) is 31.5 Å². The number of carbonyl (C=O) groups excluding carboxylic acids is 3. The van der Waals surface area contributed by atoms with Gasteiger partial charge in [-0.25, -0.2) is 14.4 Å². The molecule has 2 aromatic carbocycles. The summed E-state index contributed by atoms with van der Waals surface area (Å²) in [5, 5.41) is 9.58. The highest BCUT2D eigenvalue weighted by Crippen LogP contribution is 2.31. The lowest BCUT2D eigenvalue weighted by Crippen LogP contribution is -2.14. The third-order valence-electron chi connectivity index (χ3n) is 4.50. The molecule has 9 nitrogen and oxygen atoms in total. The van der Waals surface area contributed by atoms with Crippen LogP contribution in [0.2, 0.25) is 0 Å². The maximum atomic E-state index is 12.8. The number of benzene rings is 2. The molecule has 0 heterocycles. The van der Waals surface area contributed by atoms with Crippen LogP contribution in [0, 0.1) is 11.3 Å². The fourth-order valence-corrected chi connectivity index (χ4v) is 2.97. The smallest absolute Gasteiger partial charge is 0.453 e. The Morgan fingerprint density at radius 1 is 0.914 bits per heavy atom. The van der Waals surface area contributed by atoms with Gasteiger partial charge in [0.15, 0.2) is 11.5 Å². The molecule has 0 saturated carbocycles. The molecule has 0 unspecified atom stereocenters. The summed E-state index contributed by atoms with van der Waals surface area (Å²) in [5.41, 5.74) is 0.884. The van der Waals surface area contributed by atoms with E-state index in [0.717, 1.165) is 12.0 Å². The molecular weight excluding hydrogens is 454 g/mol. The van der Waals surface area contributed by atoms with E-state index >= 15 is 0 Å². The second-order valence-corrected chi connectivity index (χ2v) is 7.04. The summed E-state index contributed by atoms with van der Waals surface area (Å²) < 4.78 is 25.3. The fraction of sp³-hybridized carbons (Fsp3) is 0.308. The molecule has 0 aliphatic rings. The average molecular weight is 482 g/mol. The summed E-state index contributed by atoms with van der Waals surface area (Å²) in [6.45, 7) is 5.33. The van der Waals surface area contributed by atoms with E-state index < -0.39 is 24.4 Å². The lowest BCUT2D eigenvalue weighted by molar-refractivity contribution is -0.144. The van der Waals surface area contributed by atoms with Crippen LogP contribution in [0.3, 0.4) is 0 Å². The Labute approximate surface area is 203 Å². The Morgan fingerprint density at radius 3 is 2.11 bits per heavy atom. The van der Waals surface area contributed by atoms with Crippen LogP contribution < -0.4 is 9.47 Å². The molecule has 0 aliphatic heterocycles. The standard InChI is InChI=1S/C26H27NO8/c1-4-10-21(19-11-8-7-9-12-19)33-24(28)20(17-27)15-18-13-14-22(34-25(29)31-5-2)23(16-18)35-26(30)32-6-3/h7-9,11-16,21H,4-6,10H2,1-3H3/t21-/m1/s1. The highest BCUT2D eigenvalue weighted by atomic mass is 16.7. The van der Waals surface area contributed by atoms with Gasteiger partial charge in [0.05, 0.1) is 13.2 Å². The minimum Gasteiger partial charge on any atom is -0.453 e. The molecule has 35 heavy (non-hydrogen) atoms. The van der Waals surface area contributed by atoms with Crippen molar-refractivity contribution in [3.63, 3.8) is 0 Å². The van der Waals surface area contributed by atoms with Crippen molar-refractivity contribution in [1.82, 2.24) is 0 Å². The fourth-order valence-electron chi connectivity index (χ4n) is 2.97. The van der Waals surface area contributed by atoms with Gasteiger partial charge in [-0.05, 0) is 49.6 Å². The molecule has 0 aromatic heterocycles. The molecule has 0 spiro atoms. The Hall–Kier alpha value is -4.32. The number of carbonyl (C=O) groups is 3. The zero-order chi connectivity index (χ0) is 25.6. The molecule has 0 aliphatic carbocycles. The third kappa shape index (κ3) is 8.51. The summed E-state index contributed by atoms with van der Waals surface area (Å²) in [6.07, 6.45) is 0.123. The van der Waals surface area contributed by atoms with E-state index in [4.69, 9.17) is 23.7 Å². The number of rotatable bonds is 10. The SMILES string of the molecule is CCC[C@@H](OC(=O)C(C#N)=Cc1ccc(OC(=O)OCC)c(OC(=O)OCC)c1)c1ccccc1. The number of hydrogen-bond acceptors (Lipinski definition) is 9. The zero-order valence-electron chi connectivity index (χ0n) is 19.8. The Morgan fingerprint density at radius 2 is 1.54 bits per heavy atom. The van der Waals surface area contributed by atoms with Gasteiger partial charge in [0.25, 0.3) is 0 Å². The van der Waals surface area contributed by atoms with Gasteiger partial charge in [-0.2, -0.15) is 5.26 Å². The Bertz CT molecular complexity index is 1090. The first-order valence-electron chi connectivity index (χ1n) is 11.1. The van der Waals surface area contributed by atoms with Gasteiger partial charge >= 0.3 is 18.3 Å². The number of esters is 1. The van der Waals surface area contributed by atoms with Gasteiger partial charge < -0.3 is 23.7 Å². The molecule has 1 atom stereocenters. The van der Waals surface area contributed by atoms with Crippen LogP contribution in [-0.2, 0) is 19.0 Å². The summed E-state index contributed by atoms with van der Waals surface area (Å²) in [5.74, 6) is -1.07. The summed E-state index contributed by atoms with van der Waals surface area (Å²) >= 11 is 0. The predicted octanol–water partition coefficient (Wildman–Crippen LogP) is 5.75. The second-order valence-electron chi connectivity index (χ2n) is 7.04. The van der Waals surface area contributed by atoms with Crippen LogP contribution in [0.4, 0.5) is 9.59 Å². The van der Waals surface area contributed by atoms with Crippen molar-refractivity contribution < 1.29 is 38.1 Å². The van der Waals surface area contributed by atoms with Crippen molar-refractivity contribution in [1.29, 1.82) is 5.26 Å². The monoisotopic (exact) mass is 481 g/mol.